The summed E-state index contributed by atoms with van der Waals surface area (Å²) in [5, 5.41) is 0. The summed E-state index contributed by atoms with van der Waals surface area (Å²) in [5.74, 6) is -0.886. The predicted molar refractivity (Wildman–Crippen MR) is 86.9 cm³/mol. The number of benzene rings is 1. The Morgan fingerprint density at radius 3 is 2.13 bits per heavy atom. The molecule has 5 atom stereocenters. The number of thioether (sulfide) groups is 1. The van der Waals surface area contributed by atoms with Crippen molar-refractivity contribution in [1.82, 2.24) is 0 Å². The minimum Gasteiger partial charge on any atom is -0.458 e. The summed E-state index contributed by atoms with van der Waals surface area (Å²) in [4.78, 5) is 24.0. The molecule has 0 amide bonds. The molecule has 5 nitrogen and oxygen atoms in total. The average Bonchev–Trinajstić information content (AvgIpc) is 2.48. The van der Waals surface area contributed by atoms with Gasteiger partial charge in [-0.1, -0.05) is 36.9 Å². The molecule has 23 heavy (non-hydrogen) atoms. The molecule has 6 heteroatoms. The fraction of sp³-hybridized carbons (Fsp3) is 0.529. The normalized spacial score (nSPS) is 30.5. The molecular weight excluding hydrogens is 316 g/mol. The maximum atomic E-state index is 11.5. The van der Waals surface area contributed by atoms with E-state index in [1.165, 1.54) is 25.6 Å². The molecule has 0 saturated carbocycles. The molecule has 0 aromatic heterocycles. The first-order chi connectivity index (χ1) is 10.9. The Bertz CT molecular complexity index is 547. The first kappa shape index (κ1) is 17.8. The fourth-order valence-electron chi connectivity index (χ4n) is 2.54. The van der Waals surface area contributed by atoms with Crippen LogP contribution in [-0.4, -0.2) is 35.7 Å². The highest BCUT2D eigenvalue weighted by Crippen LogP contribution is 2.38. The molecule has 2 unspecified atom stereocenters. The fourth-order valence-corrected chi connectivity index (χ4v) is 3.70. The van der Waals surface area contributed by atoms with Crippen molar-refractivity contribution in [2.45, 2.75) is 56.3 Å². The van der Waals surface area contributed by atoms with Crippen molar-refractivity contribution in [3.05, 3.63) is 30.3 Å². The van der Waals surface area contributed by atoms with Crippen molar-refractivity contribution in [2.24, 2.45) is 5.92 Å². The van der Waals surface area contributed by atoms with Crippen LogP contribution in [0.2, 0.25) is 0 Å². The van der Waals surface area contributed by atoms with E-state index in [0.29, 0.717) is 0 Å². The molecule has 1 aliphatic rings. The Morgan fingerprint density at radius 2 is 1.57 bits per heavy atom. The van der Waals surface area contributed by atoms with E-state index in [1.54, 1.807) is 0 Å². The lowest BCUT2D eigenvalue weighted by Crippen LogP contribution is -2.54. The van der Waals surface area contributed by atoms with Crippen LogP contribution in [0.3, 0.4) is 0 Å². The second-order valence-corrected chi connectivity index (χ2v) is 6.82. The number of carbonyl (C=O) groups excluding carboxylic acids is 2. The van der Waals surface area contributed by atoms with Crippen LogP contribution in [0, 0.1) is 5.92 Å². The van der Waals surface area contributed by atoms with Gasteiger partial charge in [-0.25, -0.2) is 0 Å². The first-order valence-corrected chi connectivity index (χ1v) is 8.48. The summed E-state index contributed by atoms with van der Waals surface area (Å²) in [6.45, 7) is 6.57. The monoisotopic (exact) mass is 338 g/mol. The van der Waals surface area contributed by atoms with Crippen LogP contribution in [0.25, 0.3) is 0 Å². The Morgan fingerprint density at radius 1 is 1.00 bits per heavy atom. The van der Waals surface area contributed by atoms with E-state index in [2.05, 4.69) is 0 Å². The van der Waals surface area contributed by atoms with Crippen molar-refractivity contribution in [2.75, 3.05) is 0 Å². The average molecular weight is 338 g/mol. The van der Waals surface area contributed by atoms with E-state index in [-0.39, 0.29) is 12.0 Å². The summed E-state index contributed by atoms with van der Waals surface area (Å²) in [6.07, 6.45) is -1.29. The largest absolute Gasteiger partial charge is 0.458 e. The molecule has 0 spiro atoms. The molecule has 1 saturated heterocycles. The Balaban J connectivity index is 2.25. The molecule has 1 fully saturated rings. The summed E-state index contributed by atoms with van der Waals surface area (Å²) >= 11 is 1.46. The Labute approximate surface area is 140 Å². The lowest BCUT2D eigenvalue weighted by Gasteiger charge is -2.43. The summed E-state index contributed by atoms with van der Waals surface area (Å²) in [7, 11) is 0. The standard InChI is InChI=1S/C17H22O5S/c1-10-11(2)20-17(23-14-8-6-5-7-9-14)16(22-13(4)19)15(10)21-12(3)18/h5-11,15-17H,1-4H3/t10-,11?,15+,16?,17-/m1/s1. The quantitative estimate of drug-likeness (QED) is 0.787. The highest BCUT2D eigenvalue weighted by Gasteiger charge is 2.46. The molecule has 0 aliphatic carbocycles. The topological polar surface area (TPSA) is 61.8 Å². The van der Waals surface area contributed by atoms with Crippen molar-refractivity contribution < 1.29 is 23.8 Å². The van der Waals surface area contributed by atoms with Crippen LogP contribution >= 0.6 is 11.8 Å². The minimum atomic E-state index is -0.646. The molecule has 1 aromatic carbocycles. The van der Waals surface area contributed by atoms with E-state index in [0.717, 1.165) is 4.90 Å². The Kier molecular flexibility index (Phi) is 6.07. The molecule has 0 radical (unpaired) electrons. The van der Waals surface area contributed by atoms with E-state index in [1.807, 2.05) is 44.2 Å². The number of ether oxygens (including phenoxy) is 3. The van der Waals surface area contributed by atoms with Crippen LogP contribution in [0.15, 0.2) is 35.2 Å². The van der Waals surface area contributed by atoms with Gasteiger partial charge in [0.2, 0.25) is 0 Å². The highest BCUT2D eigenvalue weighted by atomic mass is 32.2. The van der Waals surface area contributed by atoms with Crippen LogP contribution in [0.1, 0.15) is 27.7 Å². The molecule has 0 bridgehead atoms. The number of hydrogen-bond donors (Lipinski definition) is 0. The van der Waals surface area contributed by atoms with Gasteiger partial charge in [-0.2, -0.15) is 0 Å². The maximum absolute atomic E-state index is 11.5. The van der Waals surface area contributed by atoms with Gasteiger partial charge >= 0.3 is 11.9 Å². The van der Waals surface area contributed by atoms with Gasteiger partial charge in [-0.3, -0.25) is 9.59 Å². The van der Waals surface area contributed by atoms with Crippen molar-refractivity contribution >= 4 is 23.7 Å². The summed E-state index contributed by atoms with van der Waals surface area (Å²) in [6, 6.07) is 9.72. The van der Waals surface area contributed by atoms with E-state index in [9.17, 15) is 9.59 Å². The predicted octanol–water partition coefficient (Wildman–Crippen LogP) is 3.02. The Hall–Kier alpha value is -1.53. The van der Waals surface area contributed by atoms with Crippen LogP contribution < -0.4 is 0 Å². The lowest BCUT2D eigenvalue weighted by atomic mass is 9.92. The summed E-state index contributed by atoms with van der Waals surface area (Å²) < 4.78 is 16.9. The minimum absolute atomic E-state index is 0.0733. The SMILES string of the molecule is CC(=O)OC1[C@@H](Sc2ccccc2)OC(C)[C@@H](C)[C@@H]1OC(C)=O. The molecule has 1 heterocycles. The van der Waals surface area contributed by atoms with Crippen LogP contribution in [-0.2, 0) is 23.8 Å². The van der Waals surface area contributed by atoms with Crippen LogP contribution in [0.5, 0.6) is 0 Å². The van der Waals surface area contributed by atoms with Crippen molar-refractivity contribution in [3.8, 4) is 0 Å². The van der Waals surface area contributed by atoms with E-state index >= 15 is 0 Å². The molecule has 1 aliphatic heterocycles. The zero-order valence-corrected chi connectivity index (χ0v) is 14.5. The van der Waals surface area contributed by atoms with Crippen LogP contribution in [0.4, 0.5) is 0 Å². The van der Waals surface area contributed by atoms with Crippen molar-refractivity contribution in [1.29, 1.82) is 0 Å². The first-order valence-electron chi connectivity index (χ1n) is 7.60. The van der Waals surface area contributed by atoms with Gasteiger partial charge in [0, 0.05) is 24.7 Å². The smallest absolute Gasteiger partial charge is 0.303 e. The molecule has 2 rings (SSSR count). The van der Waals surface area contributed by atoms with Gasteiger partial charge in [0.25, 0.3) is 0 Å². The zero-order chi connectivity index (χ0) is 17.0. The van der Waals surface area contributed by atoms with Gasteiger partial charge in [0.05, 0.1) is 6.10 Å². The zero-order valence-electron chi connectivity index (χ0n) is 13.7. The third-order valence-corrected chi connectivity index (χ3v) is 4.95. The number of esters is 2. The molecule has 1 aromatic rings. The number of carbonyl (C=O) groups is 2. The van der Waals surface area contributed by atoms with Gasteiger partial charge in [-0.15, -0.1) is 0 Å². The second-order valence-electron chi connectivity index (χ2n) is 5.65. The molecule has 0 N–H and O–H groups in total. The second kappa shape index (κ2) is 7.84. The van der Waals surface area contributed by atoms with E-state index in [4.69, 9.17) is 14.2 Å². The maximum Gasteiger partial charge on any atom is 0.303 e. The molecule has 126 valence electrons. The number of rotatable bonds is 4. The van der Waals surface area contributed by atoms with Gasteiger partial charge < -0.3 is 14.2 Å². The number of hydrogen-bond acceptors (Lipinski definition) is 6. The third kappa shape index (κ3) is 4.72. The van der Waals surface area contributed by atoms with Gasteiger partial charge in [0.1, 0.15) is 11.5 Å². The third-order valence-electron chi connectivity index (χ3n) is 3.80. The van der Waals surface area contributed by atoms with E-state index < -0.39 is 29.6 Å². The summed E-state index contributed by atoms with van der Waals surface area (Å²) in [5.41, 5.74) is -0.433. The van der Waals surface area contributed by atoms with Crippen molar-refractivity contribution in [3.63, 3.8) is 0 Å². The molecular formula is C17H22O5S. The lowest BCUT2D eigenvalue weighted by molar-refractivity contribution is -0.204. The van der Waals surface area contributed by atoms with Gasteiger partial charge in [0.15, 0.2) is 6.10 Å². The van der Waals surface area contributed by atoms with Gasteiger partial charge in [-0.05, 0) is 19.1 Å². The highest BCUT2D eigenvalue weighted by molar-refractivity contribution is 7.99.